The predicted molar refractivity (Wildman–Crippen MR) is 72.5 cm³/mol. The molecule has 1 aliphatic rings. The van der Waals surface area contributed by atoms with Crippen LogP contribution >= 0.6 is 0 Å². The molecule has 0 radical (unpaired) electrons. The van der Waals surface area contributed by atoms with Gasteiger partial charge in [0, 0.05) is 12.2 Å². The van der Waals surface area contributed by atoms with Gasteiger partial charge in [-0.2, -0.15) is 0 Å². The minimum atomic E-state index is -0.239. The van der Waals surface area contributed by atoms with Crippen LogP contribution in [0.1, 0.15) is 23.2 Å². The van der Waals surface area contributed by atoms with Crippen LogP contribution in [0.5, 0.6) is 17.2 Å². The Kier molecular flexibility index (Phi) is 4.68. The first kappa shape index (κ1) is 14.5. The van der Waals surface area contributed by atoms with Gasteiger partial charge in [0.25, 0.3) is 5.91 Å². The molecule has 0 saturated carbocycles. The Morgan fingerprint density at radius 2 is 2.00 bits per heavy atom. The SMILES string of the molecule is COc1cc(C(=O)N[C@@H]2CCCOC2)cc(OC)c1O. The molecule has 1 aromatic rings. The number of phenolic OH excluding ortho intramolecular Hbond substituents is 1. The fraction of sp³-hybridized carbons (Fsp3) is 0.500. The van der Waals surface area contributed by atoms with Crippen molar-refractivity contribution in [2.75, 3.05) is 27.4 Å². The van der Waals surface area contributed by atoms with Crippen molar-refractivity contribution >= 4 is 5.91 Å². The van der Waals surface area contributed by atoms with E-state index >= 15 is 0 Å². The number of hydrogen-bond acceptors (Lipinski definition) is 5. The molecule has 6 heteroatoms. The minimum absolute atomic E-state index is 0.0158. The number of carbonyl (C=O) groups excluding carboxylic acids is 1. The van der Waals surface area contributed by atoms with Crippen LogP contribution in [-0.4, -0.2) is 44.5 Å². The van der Waals surface area contributed by atoms with E-state index in [1.807, 2.05) is 0 Å². The fourth-order valence-electron chi connectivity index (χ4n) is 2.15. The van der Waals surface area contributed by atoms with Gasteiger partial charge in [-0.05, 0) is 25.0 Å². The van der Waals surface area contributed by atoms with Gasteiger partial charge in [-0.25, -0.2) is 0 Å². The van der Waals surface area contributed by atoms with Crippen molar-refractivity contribution < 1.29 is 24.1 Å². The summed E-state index contributed by atoms with van der Waals surface area (Å²) in [5.74, 6) is 0.0495. The van der Waals surface area contributed by atoms with Crippen LogP contribution < -0.4 is 14.8 Å². The number of rotatable bonds is 4. The van der Waals surface area contributed by atoms with Gasteiger partial charge in [-0.3, -0.25) is 4.79 Å². The lowest BCUT2D eigenvalue weighted by Crippen LogP contribution is -2.40. The highest BCUT2D eigenvalue weighted by molar-refractivity contribution is 5.95. The van der Waals surface area contributed by atoms with Crippen LogP contribution in [-0.2, 0) is 4.74 Å². The lowest BCUT2D eigenvalue weighted by atomic mass is 10.1. The number of ether oxygens (including phenoxy) is 3. The van der Waals surface area contributed by atoms with Crippen molar-refractivity contribution in [3.63, 3.8) is 0 Å². The van der Waals surface area contributed by atoms with Crippen molar-refractivity contribution in [2.24, 2.45) is 0 Å². The summed E-state index contributed by atoms with van der Waals surface area (Å²) in [6, 6.07) is 2.98. The van der Waals surface area contributed by atoms with Gasteiger partial charge >= 0.3 is 0 Å². The van der Waals surface area contributed by atoms with E-state index in [2.05, 4.69) is 5.32 Å². The molecule has 1 amide bonds. The van der Waals surface area contributed by atoms with E-state index in [4.69, 9.17) is 14.2 Å². The van der Waals surface area contributed by atoms with E-state index in [0.29, 0.717) is 12.2 Å². The second-order valence-electron chi connectivity index (χ2n) is 4.62. The fourth-order valence-corrected chi connectivity index (χ4v) is 2.15. The van der Waals surface area contributed by atoms with Crippen LogP contribution in [0.3, 0.4) is 0 Å². The van der Waals surface area contributed by atoms with Crippen molar-refractivity contribution in [3.05, 3.63) is 17.7 Å². The highest BCUT2D eigenvalue weighted by atomic mass is 16.5. The normalized spacial score (nSPS) is 18.4. The largest absolute Gasteiger partial charge is 0.502 e. The summed E-state index contributed by atoms with van der Waals surface area (Å²) in [4.78, 5) is 12.2. The molecular formula is C14H19NO5. The molecule has 0 aromatic heterocycles. The monoisotopic (exact) mass is 281 g/mol. The molecule has 2 N–H and O–H groups in total. The van der Waals surface area contributed by atoms with Crippen molar-refractivity contribution in [1.82, 2.24) is 5.32 Å². The Morgan fingerprint density at radius 3 is 2.50 bits per heavy atom. The highest BCUT2D eigenvalue weighted by Gasteiger charge is 2.20. The Labute approximate surface area is 117 Å². The molecule has 0 spiro atoms. The van der Waals surface area contributed by atoms with Crippen molar-refractivity contribution in [3.8, 4) is 17.2 Å². The number of benzene rings is 1. The summed E-state index contributed by atoms with van der Waals surface area (Å²) in [5.41, 5.74) is 0.377. The van der Waals surface area contributed by atoms with E-state index in [-0.39, 0.29) is 29.2 Å². The minimum Gasteiger partial charge on any atom is -0.502 e. The summed E-state index contributed by atoms with van der Waals surface area (Å²) in [7, 11) is 2.84. The van der Waals surface area contributed by atoms with Crippen LogP contribution in [0, 0.1) is 0 Å². The summed E-state index contributed by atoms with van der Waals surface area (Å²) in [6.07, 6.45) is 1.84. The summed E-state index contributed by atoms with van der Waals surface area (Å²) in [5, 5.41) is 12.7. The third-order valence-electron chi connectivity index (χ3n) is 3.24. The van der Waals surface area contributed by atoms with Crippen LogP contribution in [0.2, 0.25) is 0 Å². The molecular weight excluding hydrogens is 262 g/mol. The number of hydrogen-bond donors (Lipinski definition) is 2. The molecule has 1 aromatic carbocycles. The number of aromatic hydroxyl groups is 1. The average molecular weight is 281 g/mol. The highest BCUT2D eigenvalue weighted by Crippen LogP contribution is 2.37. The molecule has 2 rings (SSSR count). The lowest BCUT2D eigenvalue weighted by molar-refractivity contribution is 0.0624. The van der Waals surface area contributed by atoms with E-state index in [9.17, 15) is 9.90 Å². The van der Waals surface area contributed by atoms with Gasteiger partial charge in [0.1, 0.15) is 0 Å². The number of amides is 1. The molecule has 1 fully saturated rings. The van der Waals surface area contributed by atoms with Gasteiger partial charge in [0.15, 0.2) is 11.5 Å². The first-order valence-electron chi connectivity index (χ1n) is 6.49. The molecule has 6 nitrogen and oxygen atoms in total. The zero-order chi connectivity index (χ0) is 14.5. The quantitative estimate of drug-likeness (QED) is 0.870. The Morgan fingerprint density at radius 1 is 1.35 bits per heavy atom. The van der Waals surface area contributed by atoms with Crippen LogP contribution in [0.4, 0.5) is 0 Å². The smallest absolute Gasteiger partial charge is 0.251 e. The first-order chi connectivity index (χ1) is 9.65. The maximum atomic E-state index is 12.2. The zero-order valence-corrected chi connectivity index (χ0v) is 11.6. The lowest BCUT2D eigenvalue weighted by Gasteiger charge is -2.23. The van der Waals surface area contributed by atoms with E-state index in [1.165, 1.54) is 26.4 Å². The molecule has 0 unspecified atom stereocenters. The van der Waals surface area contributed by atoms with Gasteiger partial charge in [-0.15, -0.1) is 0 Å². The Balaban J connectivity index is 2.16. The summed E-state index contributed by atoms with van der Waals surface area (Å²) < 4.78 is 15.4. The maximum absolute atomic E-state index is 12.2. The topological polar surface area (TPSA) is 77.0 Å². The molecule has 20 heavy (non-hydrogen) atoms. The average Bonchev–Trinajstić information content (AvgIpc) is 2.48. The van der Waals surface area contributed by atoms with E-state index < -0.39 is 0 Å². The zero-order valence-electron chi connectivity index (χ0n) is 11.6. The summed E-state index contributed by atoms with van der Waals surface area (Å²) in [6.45, 7) is 1.27. The van der Waals surface area contributed by atoms with Crippen LogP contribution in [0.15, 0.2) is 12.1 Å². The second-order valence-corrected chi connectivity index (χ2v) is 4.62. The molecule has 0 bridgehead atoms. The van der Waals surface area contributed by atoms with Gasteiger partial charge in [0.05, 0.1) is 26.9 Å². The molecule has 1 heterocycles. The number of nitrogens with one attached hydrogen (secondary N) is 1. The molecule has 1 atom stereocenters. The van der Waals surface area contributed by atoms with E-state index in [0.717, 1.165) is 19.4 Å². The predicted octanol–water partition coefficient (Wildman–Crippen LogP) is 1.32. The van der Waals surface area contributed by atoms with Gasteiger partial charge in [-0.1, -0.05) is 0 Å². The van der Waals surface area contributed by atoms with Crippen molar-refractivity contribution in [1.29, 1.82) is 0 Å². The standard InChI is InChI=1S/C14H19NO5/c1-18-11-6-9(7-12(19-2)13(11)16)14(17)15-10-4-3-5-20-8-10/h6-7,10,16H,3-5,8H2,1-2H3,(H,15,17)/t10-/m1/s1. The molecule has 0 aliphatic carbocycles. The molecule has 110 valence electrons. The molecule has 1 aliphatic heterocycles. The molecule has 1 saturated heterocycles. The first-order valence-corrected chi connectivity index (χ1v) is 6.49. The third kappa shape index (κ3) is 3.14. The maximum Gasteiger partial charge on any atom is 0.251 e. The number of methoxy groups -OCH3 is 2. The van der Waals surface area contributed by atoms with Crippen LogP contribution in [0.25, 0.3) is 0 Å². The van der Waals surface area contributed by atoms with Gasteiger partial charge < -0.3 is 24.6 Å². The number of carbonyl (C=O) groups is 1. The Bertz CT molecular complexity index is 457. The van der Waals surface area contributed by atoms with Crippen molar-refractivity contribution in [2.45, 2.75) is 18.9 Å². The Hall–Kier alpha value is -1.95. The number of phenols is 1. The summed E-state index contributed by atoms with van der Waals surface area (Å²) >= 11 is 0. The third-order valence-corrected chi connectivity index (χ3v) is 3.24. The van der Waals surface area contributed by atoms with Gasteiger partial charge in [0.2, 0.25) is 5.75 Å². The van der Waals surface area contributed by atoms with E-state index in [1.54, 1.807) is 0 Å². The second kappa shape index (κ2) is 6.47.